The third kappa shape index (κ3) is 3.45. The topological polar surface area (TPSA) is 77.6 Å². The summed E-state index contributed by atoms with van der Waals surface area (Å²) in [6.07, 6.45) is 0.792. The van der Waals surface area contributed by atoms with Crippen LogP contribution in [-0.2, 0) is 4.74 Å². The van der Waals surface area contributed by atoms with E-state index in [1.54, 1.807) is 30.3 Å². The van der Waals surface area contributed by atoms with Crippen LogP contribution in [0.15, 0.2) is 36.4 Å². The Hall–Kier alpha value is -3.28. The number of carbonyl (C=O) groups is 2. The first-order chi connectivity index (χ1) is 13.5. The monoisotopic (exact) mass is 379 g/mol. The molecule has 2 aromatic carbocycles. The van der Waals surface area contributed by atoms with Crippen LogP contribution in [0.2, 0.25) is 0 Å². The Labute approximate surface area is 162 Å². The van der Waals surface area contributed by atoms with Crippen LogP contribution in [0.5, 0.6) is 11.5 Å². The van der Waals surface area contributed by atoms with E-state index in [2.05, 4.69) is 4.98 Å². The molecule has 0 amide bonds. The van der Waals surface area contributed by atoms with Crippen molar-refractivity contribution < 1.29 is 23.8 Å². The third-order valence-corrected chi connectivity index (χ3v) is 4.95. The van der Waals surface area contributed by atoms with Crippen molar-refractivity contribution >= 4 is 22.7 Å². The first-order valence-electron chi connectivity index (χ1n) is 9.22. The van der Waals surface area contributed by atoms with Crippen LogP contribution in [0.3, 0.4) is 0 Å². The van der Waals surface area contributed by atoms with Crippen molar-refractivity contribution in [3.63, 3.8) is 0 Å². The molecule has 4 rings (SSSR count). The molecule has 0 saturated carbocycles. The van der Waals surface area contributed by atoms with E-state index >= 15 is 0 Å². The Kier molecular flexibility index (Phi) is 4.77. The number of ether oxygens (including phenoxy) is 3. The van der Waals surface area contributed by atoms with Crippen LogP contribution in [0.25, 0.3) is 10.9 Å². The zero-order valence-corrected chi connectivity index (χ0v) is 15.8. The highest BCUT2D eigenvalue weighted by atomic mass is 16.5. The molecule has 1 aliphatic rings. The molecule has 0 unspecified atom stereocenters. The molecule has 6 heteroatoms. The van der Waals surface area contributed by atoms with Gasteiger partial charge in [-0.05, 0) is 55.8 Å². The third-order valence-electron chi connectivity index (χ3n) is 4.95. The number of hydrogen-bond donors (Lipinski definition) is 1. The van der Waals surface area contributed by atoms with Crippen LogP contribution in [0.1, 0.15) is 38.4 Å². The quantitative estimate of drug-likeness (QED) is 0.548. The number of esters is 1. The highest BCUT2D eigenvalue weighted by Gasteiger charge is 2.17. The number of aryl methyl sites for hydroxylation is 2. The average molecular weight is 379 g/mol. The molecule has 28 heavy (non-hydrogen) atoms. The second-order valence-electron chi connectivity index (χ2n) is 6.85. The van der Waals surface area contributed by atoms with Gasteiger partial charge in [0.05, 0.1) is 18.8 Å². The molecule has 0 saturated heterocycles. The lowest BCUT2D eigenvalue weighted by atomic mass is 10.1. The van der Waals surface area contributed by atoms with Gasteiger partial charge in [0.2, 0.25) is 0 Å². The number of nitrogens with one attached hydrogen (secondary N) is 1. The summed E-state index contributed by atoms with van der Waals surface area (Å²) in [4.78, 5) is 28.1. The van der Waals surface area contributed by atoms with Crippen molar-refractivity contribution in [3.05, 3.63) is 58.8 Å². The zero-order valence-electron chi connectivity index (χ0n) is 15.8. The molecule has 0 bridgehead atoms. The molecule has 1 aromatic heterocycles. The maximum Gasteiger partial charge on any atom is 0.338 e. The summed E-state index contributed by atoms with van der Waals surface area (Å²) >= 11 is 0. The zero-order chi connectivity index (χ0) is 19.7. The predicted octanol–water partition coefficient (Wildman–Crippen LogP) is 3.99. The second-order valence-corrected chi connectivity index (χ2v) is 6.85. The van der Waals surface area contributed by atoms with Gasteiger partial charge in [-0.25, -0.2) is 4.79 Å². The fourth-order valence-electron chi connectivity index (χ4n) is 3.22. The van der Waals surface area contributed by atoms with Gasteiger partial charge in [0.1, 0.15) is 0 Å². The van der Waals surface area contributed by atoms with Crippen molar-refractivity contribution in [1.29, 1.82) is 0 Å². The van der Waals surface area contributed by atoms with E-state index in [0.29, 0.717) is 35.8 Å². The van der Waals surface area contributed by atoms with Gasteiger partial charge in [-0.2, -0.15) is 0 Å². The van der Waals surface area contributed by atoms with Gasteiger partial charge in [-0.15, -0.1) is 0 Å². The van der Waals surface area contributed by atoms with E-state index in [4.69, 9.17) is 14.2 Å². The average Bonchev–Trinajstić information content (AvgIpc) is 2.87. The number of benzene rings is 2. The molecular formula is C22H21NO5. The van der Waals surface area contributed by atoms with Crippen LogP contribution in [0, 0.1) is 13.8 Å². The maximum absolute atomic E-state index is 12.4. The number of aromatic nitrogens is 1. The molecule has 0 spiro atoms. The number of rotatable bonds is 4. The number of H-pyrrole nitrogens is 1. The maximum atomic E-state index is 12.4. The number of hydrogen-bond acceptors (Lipinski definition) is 5. The van der Waals surface area contributed by atoms with Crippen molar-refractivity contribution in [2.24, 2.45) is 0 Å². The van der Waals surface area contributed by atoms with Gasteiger partial charge in [0, 0.05) is 28.6 Å². The van der Waals surface area contributed by atoms with E-state index in [1.807, 2.05) is 19.9 Å². The van der Waals surface area contributed by atoms with Gasteiger partial charge < -0.3 is 19.2 Å². The van der Waals surface area contributed by atoms with Crippen LogP contribution >= 0.6 is 0 Å². The highest BCUT2D eigenvalue weighted by molar-refractivity contribution is 6.01. The summed E-state index contributed by atoms with van der Waals surface area (Å²) in [7, 11) is 0. The molecule has 0 radical (unpaired) electrons. The predicted molar refractivity (Wildman–Crippen MR) is 104 cm³/mol. The molecule has 1 aliphatic heterocycles. The fourth-order valence-corrected chi connectivity index (χ4v) is 3.22. The highest BCUT2D eigenvalue weighted by Crippen LogP contribution is 2.30. The Balaban J connectivity index is 1.45. The van der Waals surface area contributed by atoms with E-state index in [-0.39, 0.29) is 12.4 Å². The number of ketones is 1. The Bertz CT molecular complexity index is 1070. The molecule has 0 aliphatic carbocycles. The lowest BCUT2D eigenvalue weighted by Crippen LogP contribution is -2.14. The van der Waals surface area contributed by atoms with Crippen LogP contribution in [0.4, 0.5) is 0 Å². The molecule has 144 valence electrons. The molecule has 3 aromatic rings. The molecule has 0 fully saturated rings. The number of Topliss-reactive ketones (excluding diaryl/α,β-unsaturated/α-hetero) is 1. The summed E-state index contributed by atoms with van der Waals surface area (Å²) in [5, 5.41) is 0.973. The number of fused-ring (bicyclic) bond motifs is 2. The van der Waals surface area contributed by atoms with Gasteiger partial charge in [-0.1, -0.05) is 0 Å². The summed E-state index contributed by atoms with van der Waals surface area (Å²) in [6.45, 7) is 4.78. The molecule has 2 heterocycles. The van der Waals surface area contributed by atoms with Crippen molar-refractivity contribution in [3.8, 4) is 11.5 Å². The van der Waals surface area contributed by atoms with Gasteiger partial charge in [0.15, 0.2) is 23.9 Å². The van der Waals surface area contributed by atoms with Crippen LogP contribution < -0.4 is 9.47 Å². The first kappa shape index (κ1) is 18.1. The van der Waals surface area contributed by atoms with Crippen molar-refractivity contribution in [1.82, 2.24) is 4.98 Å². The lowest BCUT2D eigenvalue weighted by Gasteiger charge is -2.09. The van der Waals surface area contributed by atoms with Gasteiger partial charge in [-0.3, -0.25) is 4.79 Å². The Morgan fingerprint density at radius 1 is 1.00 bits per heavy atom. The summed E-state index contributed by atoms with van der Waals surface area (Å²) in [5.74, 6) is 0.344. The molecule has 0 atom stereocenters. The van der Waals surface area contributed by atoms with Crippen molar-refractivity contribution in [2.45, 2.75) is 20.3 Å². The lowest BCUT2D eigenvalue weighted by molar-refractivity contribution is 0.0475. The minimum absolute atomic E-state index is 0.293. The number of aromatic amines is 1. The Morgan fingerprint density at radius 3 is 2.57 bits per heavy atom. The van der Waals surface area contributed by atoms with Crippen molar-refractivity contribution in [2.75, 3.05) is 19.8 Å². The van der Waals surface area contributed by atoms with E-state index in [0.717, 1.165) is 28.6 Å². The second kappa shape index (κ2) is 7.38. The standard InChI is InChI=1S/C22H21NO5/c1-13-14(2)23-18-6-4-16(10-17(13)18)22(25)28-12-19(24)15-5-7-20-21(11-15)27-9-3-8-26-20/h4-7,10-11,23H,3,8-9,12H2,1-2H3. The molecular weight excluding hydrogens is 358 g/mol. The van der Waals surface area contributed by atoms with Gasteiger partial charge in [0.25, 0.3) is 0 Å². The smallest absolute Gasteiger partial charge is 0.338 e. The molecule has 6 nitrogen and oxygen atoms in total. The van der Waals surface area contributed by atoms with Crippen LogP contribution in [-0.4, -0.2) is 36.6 Å². The van der Waals surface area contributed by atoms with E-state index in [1.165, 1.54) is 0 Å². The largest absolute Gasteiger partial charge is 0.490 e. The number of carbonyl (C=O) groups excluding carboxylic acids is 2. The minimum atomic E-state index is -0.525. The SMILES string of the molecule is Cc1[nH]c2ccc(C(=O)OCC(=O)c3ccc4c(c3)OCCCO4)cc2c1C. The summed E-state index contributed by atoms with van der Waals surface area (Å²) < 4.78 is 16.4. The fraction of sp³-hybridized carbons (Fsp3) is 0.273. The minimum Gasteiger partial charge on any atom is -0.490 e. The van der Waals surface area contributed by atoms with E-state index < -0.39 is 5.97 Å². The normalized spacial score (nSPS) is 13.2. The molecule has 1 N–H and O–H groups in total. The van der Waals surface area contributed by atoms with E-state index in [9.17, 15) is 9.59 Å². The Morgan fingerprint density at radius 2 is 1.75 bits per heavy atom. The summed E-state index contributed by atoms with van der Waals surface area (Å²) in [6, 6.07) is 10.3. The first-order valence-corrected chi connectivity index (χ1v) is 9.22. The summed E-state index contributed by atoms with van der Waals surface area (Å²) in [5.41, 5.74) is 3.96. The van der Waals surface area contributed by atoms with Gasteiger partial charge >= 0.3 is 5.97 Å².